The summed E-state index contributed by atoms with van der Waals surface area (Å²) in [5.41, 5.74) is 4.76. The SMILES string of the molecule is CCNC(=NCc1cccc(-c2ncn[nH]2)c1)NCCc1ccc2c(c1)CCO2. The zero-order valence-corrected chi connectivity index (χ0v) is 16.6. The number of rotatable bonds is 7. The second-order valence-electron chi connectivity index (χ2n) is 6.95. The number of aliphatic imine (C=N–C) groups is 1. The number of hydrogen-bond donors (Lipinski definition) is 3. The summed E-state index contributed by atoms with van der Waals surface area (Å²) in [6.45, 7) is 5.10. The Labute approximate surface area is 170 Å². The third kappa shape index (κ3) is 4.93. The number of nitrogens with zero attached hydrogens (tertiary/aromatic N) is 3. The highest BCUT2D eigenvalue weighted by Gasteiger charge is 2.11. The highest BCUT2D eigenvalue weighted by molar-refractivity contribution is 5.79. The molecule has 0 unspecified atom stereocenters. The third-order valence-electron chi connectivity index (χ3n) is 4.84. The molecule has 0 bridgehead atoms. The van der Waals surface area contributed by atoms with Gasteiger partial charge in [-0.1, -0.05) is 30.3 Å². The quantitative estimate of drug-likeness (QED) is 0.427. The monoisotopic (exact) mass is 390 g/mol. The van der Waals surface area contributed by atoms with Crippen molar-refractivity contribution in [2.45, 2.75) is 26.3 Å². The fourth-order valence-electron chi connectivity index (χ4n) is 3.39. The molecule has 4 rings (SSSR count). The Kier molecular flexibility index (Phi) is 6.04. The molecule has 1 aliphatic rings. The van der Waals surface area contributed by atoms with Crippen LogP contribution in [0.15, 0.2) is 53.8 Å². The van der Waals surface area contributed by atoms with Crippen molar-refractivity contribution in [2.24, 2.45) is 4.99 Å². The lowest BCUT2D eigenvalue weighted by Crippen LogP contribution is -2.38. The van der Waals surface area contributed by atoms with Crippen molar-refractivity contribution in [1.82, 2.24) is 25.8 Å². The standard InChI is InChI=1S/C22H26N6O/c1-2-23-22(24-10-8-16-6-7-20-18(12-16)9-11-29-20)25-14-17-4-3-5-19(13-17)21-26-15-27-28-21/h3-7,12-13,15H,2,8-11,14H2,1H3,(H2,23,24,25)(H,26,27,28). The van der Waals surface area contributed by atoms with Crippen LogP contribution in [0.4, 0.5) is 0 Å². The Morgan fingerprint density at radius 2 is 2.14 bits per heavy atom. The minimum atomic E-state index is 0.591. The van der Waals surface area contributed by atoms with E-state index < -0.39 is 0 Å². The lowest BCUT2D eigenvalue weighted by molar-refractivity contribution is 0.357. The molecule has 3 aromatic rings. The number of fused-ring (bicyclic) bond motifs is 1. The van der Waals surface area contributed by atoms with Gasteiger partial charge in [-0.2, -0.15) is 5.10 Å². The second-order valence-corrected chi connectivity index (χ2v) is 6.95. The van der Waals surface area contributed by atoms with E-state index in [-0.39, 0.29) is 0 Å². The van der Waals surface area contributed by atoms with Crippen molar-refractivity contribution in [3.8, 4) is 17.1 Å². The molecule has 0 amide bonds. The Balaban J connectivity index is 1.35. The van der Waals surface area contributed by atoms with Crippen LogP contribution in [-0.4, -0.2) is 40.8 Å². The van der Waals surface area contributed by atoms with Gasteiger partial charge in [0.05, 0.1) is 13.2 Å². The van der Waals surface area contributed by atoms with E-state index in [2.05, 4.69) is 63.1 Å². The molecule has 1 aliphatic heterocycles. The molecule has 0 radical (unpaired) electrons. The predicted octanol–water partition coefficient (Wildman–Crippen LogP) is 2.70. The molecule has 0 atom stereocenters. The van der Waals surface area contributed by atoms with Crippen molar-refractivity contribution in [1.29, 1.82) is 0 Å². The van der Waals surface area contributed by atoms with Gasteiger partial charge in [0.25, 0.3) is 0 Å². The van der Waals surface area contributed by atoms with Crippen LogP contribution < -0.4 is 15.4 Å². The van der Waals surface area contributed by atoms with Crippen molar-refractivity contribution in [3.63, 3.8) is 0 Å². The largest absolute Gasteiger partial charge is 0.493 e. The van der Waals surface area contributed by atoms with Gasteiger partial charge in [0, 0.05) is 25.1 Å². The van der Waals surface area contributed by atoms with Crippen LogP contribution in [0.5, 0.6) is 5.75 Å². The van der Waals surface area contributed by atoms with E-state index in [1.807, 2.05) is 12.1 Å². The van der Waals surface area contributed by atoms with Crippen LogP contribution in [-0.2, 0) is 19.4 Å². The van der Waals surface area contributed by atoms with Gasteiger partial charge in [0.1, 0.15) is 12.1 Å². The molecule has 2 aromatic carbocycles. The van der Waals surface area contributed by atoms with Gasteiger partial charge in [-0.25, -0.2) is 9.98 Å². The molecule has 0 saturated heterocycles. The maximum atomic E-state index is 5.58. The summed E-state index contributed by atoms with van der Waals surface area (Å²) < 4.78 is 5.58. The van der Waals surface area contributed by atoms with E-state index in [4.69, 9.17) is 9.73 Å². The van der Waals surface area contributed by atoms with Gasteiger partial charge >= 0.3 is 0 Å². The lowest BCUT2D eigenvalue weighted by atomic mass is 10.1. The molecular formula is C22H26N6O. The summed E-state index contributed by atoms with van der Waals surface area (Å²) in [6, 6.07) is 14.7. The fraction of sp³-hybridized carbons (Fsp3) is 0.318. The van der Waals surface area contributed by atoms with E-state index in [0.29, 0.717) is 6.54 Å². The fourth-order valence-corrected chi connectivity index (χ4v) is 3.39. The smallest absolute Gasteiger partial charge is 0.191 e. The molecule has 0 fully saturated rings. The summed E-state index contributed by atoms with van der Waals surface area (Å²) in [7, 11) is 0. The van der Waals surface area contributed by atoms with E-state index in [1.54, 1.807) is 0 Å². The zero-order chi connectivity index (χ0) is 19.9. The molecule has 0 aliphatic carbocycles. The molecule has 2 heterocycles. The number of H-pyrrole nitrogens is 1. The van der Waals surface area contributed by atoms with Gasteiger partial charge in [-0.15, -0.1) is 0 Å². The number of guanidine groups is 1. The highest BCUT2D eigenvalue weighted by atomic mass is 16.5. The van der Waals surface area contributed by atoms with Gasteiger partial charge in [-0.3, -0.25) is 5.10 Å². The number of aromatic amines is 1. The molecule has 7 heteroatoms. The average molecular weight is 390 g/mol. The summed E-state index contributed by atoms with van der Waals surface area (Å²) in [5, 5.41) is 13.6. The lowest BCUT2D eigenvalue weighted by Gasteiger charge is -2.12. The van der Waals surface area contributed by atoms with Crippen LogP contribution in [0.3, 0.4) is 0 Å². The Hall–Kier alpha value is -3.35. The first-order valence-corrected chi connectivity index (χ1v) is 10.0. The van der Waals surface area contributed by atoms with Crippen LogP contribution in [0, 0.1) is 0 Å². The van der Waals surface area contributed by atoms with E-state index in [9.17, 15) is 0 Å². The van der Waals surface area contributed by atoms with E-state index in [0.717, 1.165) is 61.2 Å². The molecule has 3 N–H and O–H groups in total. The normalized spacial score (nSPS) is 13.1. The summed E-state index contributed by atoms with van der Waals surface area (Å²) in [4.78, 5) is 8.93. The van der Waals surface area contributed by atoms with Crippen molar-refractivity contribution in [3.05, 3.63) is 65.5 Å². The maximum absolute atomic E-state index is 5.58. The van der Waals surface area contributed by atoms with Crippen molar-refractivity contribution >= 4 is 5.96 Å². The number of hydrogen-bond acceptors (Lipinski definition) is 4. The average Bonchev–Trinajstić information content (AvgIpc) is 3.44. The highest BCUT2D eigenvalue weighted by Crippen LogP contribution is 2.25. The first-order valence-electron chi connectivity index (χ1n) is 10.0. The Morgan fingerprint density at radius 3 is 3.00 bits per heavy atom. The first kappa shape index (κ1) is 19.0. The molecule has 0 spiro atoms. The summed E-state index contributed by atoms with van der Waals surface area (Å²) in [6.07, 6.45) is 3.47. The van der Waals surface area contributed by atoms with Gasteiger partial charge in [0.15, 0.2) is 11.8 Å². The zero-order valence-electron chi connectivity index (χ0n) is 16.6. The Bertz CT molecular complexity index is 967. The van der Waals surface area contributed by atoms with Gasteiger partial charge < -0.3 is 15.4 Å². The van der Waals surface area contributed by atoms with E-state index in [1.165, 1.54) is 17.5 Å². The van der Waals surface area contributed by atoms with Crippen molar-refractivity contribution < 1.29 is 4.74 Å². The molecule has 29 heavy (non-hydrogen) atoms. The molecule has 7 nitrogen and oxygen atoms in total. The minimum Gasteiger partial charge on any atom is -0.493 e. The molecule has 1 aromatic heterocycles. The summed E-state index contributed by atoms with van der Waals surface area (Å²) in [5.74, 6) is 2.62. The minimum absolute atomic E-state index is 0.591. The molecule has 150 valence electrons. The van der Waals surface area contributed by atoms with Crippen molar-refractivity contribution in [2.75, 3.05) is 19.7 Å². The molecule has 0 saturated carbocycles. The van der Waals surface area contributed by atoms with Crippen LogP contribution in [0.2, 0.25) is 0 Å². The summed E-state index contributed by atoms with van der Waals surface area (Å²) >= 11 is 0. The maximum Gasteiger partial charge on any atom is 0.191 e. The van der Waals surface area contributed by atoms with Crippen LogP contribution in [0.25, 0.3) is 11.4 Å². The number of ether oxygens (including phenoxy) is 1. The number of benzene rings is 2. The molecular weight excluding hydrogens is 364 g/mol. The Morgan fingerprint density at radius 1 is 1.17 bits per heavy atom. The van der Waals surface area contributed by atoms with Gasteiger partial charge in [-0.05, 0) is 42.2 Å². The number of aromatic nitrogens is 3. The number of nitrogens with one attached hydrogen (secondary N) is 3. The van der Waals surface area contributed by atoms with Crippen LogP contribution >= 0.6 is 0 Å². The predicted molar refractivity (Wildman–Crippen MR) is 114 cm³/mol. The van der Waals surface area contributed by atoms with Crippen LogP contribution in [0.1, 0.15) is 23.6 Å². The van der Waals surface area contributed by atoms with Gasteiger partial charge in [0.2, 0.25) is 0 Å². The first-order chi connectivity index (χ1) is 14.3. The van der Waals surface area contributed by atoms with E-state index >= 15 is 0 Å². The topological polar surface area (TPSA) is 87.2 Å². The third-order valence-corrected chi connectivity index (χ3v) is 4.84. The second kappa shape index (κ2) is 9.23.